The number of carboxylic acid groups (broad SMARTS) is 1. The van der Waals surface area contributed by atoms with Gasteiger partial charge < -0.3 is 10.4 Å². The van der Waals surface area contributed by atoms with Crippen LogP contribution < -0.4 is 5.32 Å². The molecule has 0 aromatic heterocycles. The summed E-state index contributed by atoms with van der Waals surface area (Å²) in [4.78, 5) is 22.1. The Kier molecular flexibility index (Phi) is 6.92. The molecule has 1 unspecified atom stereocenters. The van der Waals surface area contributed by atoms with Crippen molar-refractivity contribution in [3.05, 3.63) is 34.9 Å². The first-order chi connectivity index (χ1) is 9.86. The van der Waals surface area contributed by atoms with Crippen molar-refractivity contribution in [3.63, 3.8) is 0 Å². The van der Waals surface area contributed by atoms with Crippen molar-refractivity contribution in [2.24, 2.45) is 0 Å². The molecule has 1 aromatic carbocycles. The van der Waals surface area contributed by atoms with Crippen molar-refractivity contribution in [1.29, 1.82) is 0 Å². The number of rotatable bonds is 8. The number of carbonyl (C=O) groups excluding carboxylic acids is 1. The second-order valence-electron chi connectivity index (χ2n) is 5.77. The molecular formula is C17H25NO3. The van der Waals surface area contributed by atoms with E-state index in [0.29, 0.717) is 19.3 Å². The van der Waals surface area contributed by atoms with Crippen LogP contribution >= 0.6 is 0 Å². The molecule has 2 N–H and O–H groups in total. The van der Waals surface area contributed by atoms with Crippen molar-refractivity contribution >= 4 is 11.9 Å². The summed E-state index contributed by atoms with van der Waals surface area (Å²) in [6, 6.07) is 6.50. The lowest BCUT2D eigenvalue weighted by Crippen LogP contribution is -2.33. The summed E-state index contributed by atoms with van der Waals surface area (Å²) in [5.74, 6) is -0.809. The number of carboxylic acids is 1. The first-order valence-electron chi connectivity index (χ1n) is 7.45. The molecule has 1 amide bonds. The Labute approximate surface area is 126 Å². The minimum Gasteiger partial charge on any atom is -0.481 e. The lowest BCUT2D eigenvalue weighted by molar-refractivity contribution is -0.137. The van der Waals surface area contributed by atoms with E-state index in [0.717, 1.165) is 6.42 Å². The van der Waals surface area contributed by atoms with Crippen LogP contribution in [0.5, 0.6) is 0 Å². The van der Waals surface area contributed by atoms with Gasteiger partial charge in [0.1, 0.15) is 0 Å². The summed E-state index contributed by atoms with van der Waals surface area (Å²) in [5.41, 5.74) is 3.69. The Morgan fingerprint density at radius 3 is 2.24 bits per heavy atom. The maximum Gasteiger partial charge on any atom is 0.303 e. The standard InChI is InChI=1S/C17H25NO3/c1-12-8-13(2)10-15(9-12)11-14(3)18-16(19)6-4-5-7-17(20)21/h8-10,14H,4-7,11H2,1-3H3,(H,18,19)(H,20,21). The largest absolute Gasteiger partial charge is 0.481 e. The lowest BCUT2D eigenvalue weighted by atomic mass is 10.0. The lowest BCUT2D eigenvalue weighted by Gasteiger charge is -2.15. The third kappa shape index (κ3) is 7.49. The third-order valence-electron chi connectivity index (χ3n) is 3.28. The molecule has 1 aromatic rings. The van der Waals surface area contributed by atoms with Crippen LogP contribution in [0, 0.1) is 13.8 Å². The minimum absolute atomic E-state index is 0.00253. The van der Waals surface area contributed by atoms with Crippen LogP contribution in [0.1, 0.15) is 49.3 Å². The summed E-state index contributed by atoms with van der Waals surface area (Å²) >= 11 is 0. The molecular weight excluding hydrogens is 266 g/mol. The van der Waals surface area contributed by atoms with E-state index in [2.05, 4.69) is 37.4 Å². The number of aryl methyl sites for hydroxylation is 2. The molecule has 0 saturated heterocycles. The summed E-state index contributed by atoms with van der Waals surface area (Å²) in [7, 11) is 0. The van der Waals surface area contributed by atoms with E-state index in [1.54, 1.807) is 0 Å². The SMILES string of the molecule is Cc1cc(C)cc(CC(C)NC(=O)CCCCC(=O)O)c1. The number of unbranched alkanes of at least 4 members (excludes halogenated alkanes) is 1. The highest BCUT2D eigenvalue weighted by molar-refractivity contribution is 5.76. The number of amides is 1. The van der Waals surface area contributed by atoms with E-state index in [4.69, 9.17) is 5.11 Å². The molecule has 0 aliphatic rings. The van der Waals surface area contributed by atoms with Crippen molar-refractivity contribution in [2.75, 3.05) is 0 Å². The summed E-state index contributed by atoms with van der Waals surface area (Å²) < 4.78 is 0. The predicted octanol–water partition coefficient (Wildman–Crippen LogP) is 3.00. The smallest absolute Gasteiger partial charge is 0.303 e. The fourth-order valence-electron chi connectivity index (χ4n) is 2.50. The van der Waals surface area contributed by atoms with Gasteiger partial charge in [-0.2, -0.15) is 0 Å². The molecule has 0 fully saturated rings. The summed E-state index contributed by atoms with van der Waals surface area (Å²) in [6.07, 6.45) is 2.50. The van der Waals surface area contributed by atoms with Crippen LogP contribution in [0.4, 0.5) is 0 Å². The maximum absolute atomic E-state index is 11.8. The first kappa shape index (κ1) is 17.2. The second kappa shape index (κ2) is 8.45. The van der Waals surface area contributed by atoms with E-state index in [1.807, 2.05) is 6.92 Å². The van der Waals surface area contributed by atoms with Gasteiger partial charge in [0.05, 0.1) is 0 Å². The fraction of sp³-hybridized carbons (Fsp3) is 0.529. The third-order valence-corrected chi connectivity index (χ3v) is 3.28. The van der Waals surface area contributed by atoms with Gasteiger partial charge in [0.25, 0.3) is 0 Å². The number of benzene rings is 1. The van der Waals surface area contributed by atoms with Crippen LogP contribution in [0.3, 0.4) is 0 Å². The molecule has 4 nitrogen and oxygen atoms in total. The Morgan fingerprint density at radius 1 is 1.10 bits per heavy atom. The van der Waals surface area contributed by atoms with Crippen LogP contribution in [-0.2, 0) is 16.0 Å². The van der Waals surface area contributed by atoms with Gasteiger partial charge in [0, 0.05) is 18.9 Å². The molecule has 0 saturated carbocycles. The number of hydrogen-bond donors (Lipinski definition) is 2. The van der Waals surface area contributed by atoms with Gasteiger partial charge in [0.2, 0.25) is 5.91 Å². The molecule has 1 atom stereocenters. The van der Waals surface area contributed by atoms with E-state index < -0.39 is 5.97 Å². The average Bonchev–Trinajstić information content (AvgIpc) is 2.32. The molecule has 0 aliphatic carbocycles. The fourth-order valence-corrected chi connectivity index (χ4v) is 2.50. The second-order valence-corrected chi connectivity index (χ2v) is 5.77. The van der Waals surface area contributed by atoms with Crippen LogP contribution in [0.2, 0.25) is 0 Å². The summed E-state index contributed by atoms with van der Waals surface area (Å²) in [5, 5.41) is 11.5. The van der Waals surface area contributed by atoms with E-state index in [9.17, 15) is 9.59 Å². The predicted molar refractivity (Wildman–Crippen MR) is 83.3 cm³/mol. The van der Waals surface area contributed by atoms with Gasteiger partial charge in [-0.15, -0.1) is 0 Å². The van der Waals surface area contributed by atoms with Gasteiger partial charge in [0.15, 0.2) is 0 Å². The van der Waals surface area contributed by atoms with E-state index >= 15 is 0 Å². The molecule has 0 radical (unpaired) electrons. The van der Waals surface area contributed by atoms with Crippen molar-refractivity contribution in [1.82, 2.24) is 5.32 Å². The number of carbonyl (C=O) groups is 2. The van der Waals surface area contributed by atoms with Crippen molar-refractivity contribution in [3.8, 4) is 0 Å². The van der Waals surface area contributed by atoms with Crippen LogP contribution in [-0.4, -0.2) is 23.0 Å². The zero-order chi connectivity index (χ0) is 15.8. The molecule has 0 bridgehead atoms. The highest BCUT2D eigenvalue weighted by Crippen LogP contribution is 2.11. The van der Waals surface area contributed by atoms with Crippen molar-refractivity contribution < 1.29 is 14.7 Å². The molecule has 4 heteroatoms. The van der Waals surface area contributed by atoms with Gasteiger partial charge in [-0.25, -0.2) is 0 Å². The Balaban J connectivity index is 2.33. The first-order valence-corrected chi connectivity index (χ1v) is 7.45. The van der Waals surface area contributed by atoms with Gasteiger partial charge in [-0.3, -0.25) is 9.59 Å². The number of aliphatic carboxylic acids is 1. The molecule has 21 heavy (non-hydrogen) atoms. The molecule has 1 rings (SSSR count). The molecule has 0 spiro atoms. The van der Waals surface area contributed by atoms with E-state index in [1.165, 1.54) is 16.7 Å². The molecule has 0 heterocycles. The molecule has 0 aliphatic heterocycles. The van der Waals surface area contributed by atoms with E-state index in [-0.39, 0.29) is 18.4 Å². The zero-order valence-corrected chi connectivity index (χ0v) is 13.1. The number of nitrogens with one attached hydrogen (secondary N) is 1. The topological polar surface area (TPSA) is 66.4 Å². The average molecular weight is 291 g/mol. The highest BCUT2D eigenvalue weighted by atomic mass is 16.4. The quantitative estimate of drug-likeness (QED) is 0.724. The Bertz CT molecular complexity index is 477. The summed E-state index contributed by atoms with van der Waals surface area (Å²) in [6.45, 7) is 6.14. The van der Waals surface area contributed by atoms with Crippen molar-refractivity contribution in [2.45, 2.75) is 58.9 Å². The van der Waals surface area contributed by atoms with Gasteiger partial charge >= 0.3 is 5.97 Å². The minimum atomic E-state index is -0.807. The normalized spacial score (nSPS) is 12.0. The van der Waals surface area contributed by atoms with Gasteiger partial charge in [-0.1, -0.05) is 29.3 Å². The maximum atomic E-state index is 11.8. The monoisotopic (exact) mass is 291 g/mol. The highest BCUT2D eigenvalue weighted by Gasteiger charge is 2.09. The number of hydrogen-bond acceptors (Lipinski definition) is 2. The Hall–Kier alpha value is -1.84. The van der Waals surface area contributed by atoms with Gasteiger partial charge in [-0.05, 0) is 45.6 Å². The zero-order valence-electron chi connectivity index (χ0n) is 13.1. The van der Waals surface area contributed by atoms with Crippen LogP contribution in [0.15, 0.2) is 18.2 Å². The van der Waals surface area contributed by atoms with Crippen LogP contribution in [0.25, 0.3) is 0 Å². The molecule has 116 valence electrons. The Morgan fingerprint density at radius 2 is 1.67 bits per heavy atom.